The summed E-state index contributed by atoms with van der Waals surface area (Å²) >= 11 is 0. The van der Waals surface area contributed by atoms with Crippen LogP contribution in [0.25, 0.3) is 0 Å². The van der Waals surface area contributed by atoms with Crippen LogP contribution in [0.15, 0.2) is 12.2 Å². The summed E-state index contributed by atoms with van der Waals surface area (Å²) in [5.41, 5.74) is 0. The molecule has 0 saturated carbocycles. The second-order valence-electron chi connectivity index (χ2n) is 9.07. The van der Waals surface area contributed by atoms with Crippen molar-refractivity contribution in [2.24, 2.45) is 23.7 Å². The van der Waals surface area contributed by atoms with Crippen molar-refractivity contribution in [1.29, 1.82) is 0 Å². The third-order valence-electron chi connectivity index (χ3n) is 4.84. The fraction of sp³-hybridized carbons (Fsp3) is 0.760. The summed E-state index contributed by atoms with van der Waals surface area (Å²) in [5, 5.41) is 0. The van der Waals surface area contributed by atoms with Gasteiger partial charge in [0.25, 0.3) is 0 Å². The van der Waals surface area contributed by atoms with E-state index in [0.29, 0.717) is 25.2 Å². The van der Waals surface area contributed by atoms with E-state index in [9.17, 15) is 19.2 Å². The van der Waals surface area contributed by atoms with E-state index in [4.69, 9.17) is 9.47 Å². The normalized spacial score (nSPS) is 13.4. The molecule has 0 aromatic carbocycles. The number of hydrogen-bond donors (Lipinski definition) is 0. The smallest absolute Gasteiger partial charge is 0.309 e. The number of allylic oxidation sites excluding steroid dienone is 2. The van der Waals surface area contributed by atoms with Crippen LogP contribution in [0.4, 0.5) is 0 Å². The number of carbonyl (C=O) groups is 4. The molecular formula is C25H42O6. The Balaban J connectivity index is 4.40. The number of esters is 2. The third-order valence-corrected chi connectivity index (χ3v) is 4.84. The molecule has 178 valence electrons. The van der Waals surface area contributed by atoms with Gasteiger partial charge in [0, 0.05) is 25.7 Å². The molecule has 0 aromatic rings. The van der Waals surface area contributed by atoms with Crippen LogP contribution < -0.4 is 0 Å². The van der Waals surface area contributed by atoms with Crippen molar-refractivity contribution in [2.45, 2.75) is 86.5 Å². The number of rotatable bonds is 17. The monoisotopic (exact) mass is 438 g/mol. The third kappa shape index (κ3) is 15.5. The minimum absolute atomic E-state index is 0.0424. The van der Waals surface area contributed by atoms with Crippen molar-refractivity contribution in [1.82, 2.24) is 0 Å². The van der Waals surface area contributed by atoms with E-state index in [1.807, 2.05) is 20.8 Å². The Bertz CT molecular complexity index is 591. The van der Waals surface area contributed by atoms with E-state index in [0.717, 1.165) is 12.8 Å². The van der Waals surface area contributed by atoms with Gasteiger partial charge in [0.15, 0.2) is 0 Å². The van der Waals surface area contributed by atoms with Crippen LogP contribution in [0, 0.1) is 23.7 Å². The highest BCUT2D eigenvalue weighted by molar-refractivity contribution is 5.85. The van der Waals surface area contributed by atoms with E-state index in [1.165, 1.54) is 6.92 Å². The van der Waals surface area contributed by atoms with Gasteiger partial charge >= 0.3 is 11.9 Å². The summed E-state index contributed by atoms with van der Waals surface area (Å²) in [7, 11) is 0. The molecule has 2 unspecified atom stereocenters. The van der Waals surface area contributed by atoms with Gasteiger partial charge in [0.1, 0.15) is 11.6 Å². The van der Waals surface area contributed by atoms with Gasteiger partial charge in [-0.15, -0.1) is 0 Å². The highest BCUT2D eigenvalue weighted by atomic mass is 16.5. The second-order valence-corrected chi connectivity index (χ2v) is 9.07. The lowest BCUT2D eigenvalue weighted by molar-refractivity contribution is -0.153. The van der Waals surface area contributed by atoms with Crippen LogP contribution in [0.1, 0.15) is 86.5 Å². The van der Waals surface area contributed by atoms with Crippen LogP contribution in [0.2, 0.25) is 0 Å². The molecule has 0 radical (unpaired) electrons. The molecular weight excluding hydrogens is 396 g/mol. The Labute approximate surface area is 188 Å². The fourth-order valence-electron chi connectivity index (χ4n) is 3.29. The first-order valence-electron chi connectivity index (χ1n) is 11.6. The Morgan fingerprint density at radius 1 is 0.774 bits per heavy atom. The van der Waals surface area contributed by atoms with Crippen LogP contribution in [-0.4, -0.2) is 36.7 Å². The summed E-state index contributed by atoms with van der Waals surface area (Å²) in [6.07, 6.45) is 6.58. The molecule has 0 rings (SSSR count). The molecule has 0 heterocycles. The summed E-state index contributed by atoms with van der Waals surface area (Å²) in [6, 6.07) is 0. The average molecular weight is 439 g/mol. The zero-order valence-corrected chi connectivity index (χ0v) is 20.3. The molecule has 0 aliphatic carbocycles. The van der Waals surface area contributed by atoms with Crippen LogP contribution in [-0.2, 0) is 28.7 Å². The molecule has 6 heteroatoms. The maximum absolute atomic E-state index is 12.5. The maximum atomic E-state index is 12.5. The zero-order chi connectivity index (χ0) is 23.8. The van der Waals surface area contributed by atoms with Gasteiger partial charge < -0.3 is 9.47 Å². The van der Waals surface area contributed by atoms with Gasteiger partial charge in [-0.1, -0.05) is 46.8 Å². The lowest BCUT2D eigenvalue weighted by Crippen LogP contribution is -2.24. The van der Waals surface area contributed by atoms with Crippen molar-refractivity contribution in [3.05, 3.63) is 12.2 Å². The summed E-state index contributed by atoms with van der Waals surface area (Å²) in [5.74, 6) is -0.459. The molecule has 2 atom stereocenters. The van der Waals surface area contributed by atoms with Gasteiger partial charge in [0.2, 0.25) is 0 Å². The number of Topliss-reactive ketones (excluding diaryl/α,β-unsaturated/α-hetero) is 2. The Morgan fingerprint density at radius 3 is 1.74 bits per heavy atom. The van der Waals surface area contributed by atoms with Crippen molar-refractivity contribution >= 4 is 23.5 Å². The van der Waals surface area contributed by atoms with E-state index >= 15 is 0 Å². The predicted octanol–water partition coefficient (Wildman–Crippen LogP) is 5.08. The lowest BCUT2D eigenvalue weighted by atomic mass is 9.91. The number of hydrogen-bond acceptors (Lipinski definition) is 6. The molecule has 31 heavy (non-hydrogen) atoms. The Morgan fingerprint density at radius 2 is 1.26 bits per heavy atom. The fourth-order valence-corrected chi connectivity index (χ4v) is 3.29. The van der Waals surface area contributed by atoms with Gasteiger partial charge in [-0.25, -0.2) is 0 Å². The quantitative estimate of drug-likeness (QED) is 0.179. The molecule has 0 aromatic heterocycles. The molecule has 0 fully saturated rings. The van der Waals surface area contributed by atoms with E-state index in [2.05, 4.69) is 13.8 Å². The highest BCUT2D eigenvalue weighted by Crippen LogP contribution is 2.19. The van der Waals surface area contributed by atoms with Crippen LogP contribution in [0.3, 0.4) is 0 Å². The van der Waals surface area contributed by atoms with Crippen molar-refractivity contribution in [3.63, 3.8) is 0 Å². The SMILES string of the molecule is CCC(CC(C)C)C(=O)OCCCOC(=O)C(CC(=O)C/C=C/CC(C)=O)CC(C)C. The van der Waals surface area contributed by atoms with Gasteiger partial charge in [-0.3, -0.25) is 19.2 Å². The second kappa shape index (κ2) is 16.7. The molecule has 0 bridgehead atoms. The molecule has 0 N–H and O–H groups in total. The van der Waals surface area contributed by atoms with Crippen molar-refractivity contribution < 1.29 is 28.7 Å². The number of ether oxygens (including phenoxy) is 2. The highest BCUT2D eigenvalue weighted by Gasteiger charge is 2.24. The topological polar surface area (TPSA) is 86.7 Å². The average Bonchev–Trinajstić information content (AvgIpc) is 2.67. The molecule has 0 aliphatic rings. The predicted molar refractivity (Wildman–Crippen MR) is 121 cm³/mol. The van der Waals surface area contributed by atoms with Crippen LogP contribution in [0.5, 0.6) is 0 Å². The Hall–Kier alpha value is -1.98. The lowest BCUT2D eigenvalue weighted by Gasteiger charge is -2.18. The first-order chi connectivity index (χ1) is 14.6. The minimum Gasteiger partial charge on any atom is -0.465 e. The largest absolute Gasteiger partial charge is 0.465 e. The van der Waals surface area contributed by atoms with Crippen molar-refractivity contribution in [3.8, 4) is 0 Å². The zero-order valence-electron chi connectivity index (χ0n) is 20.3. The first-order valence-corrected chi connectivity index (χ1v) is 11.6. The number of ketones is 2. The number of carbonyl (C=O) groups excluding carboxylic acids is 4. The summed E-state index contributed by atoms with van der Waals surface area (Å²) in [6.45, 7) is 12.0. The molecule has 0 saturated heterocycles. The summed E-state index contributed by atoms with van der Waals surface area (Å²) < 4.78 is 10.7. The molecule has 6 nitrogen and oxygen atoms in total. The molecule has 0 amide bonds. The summed E-state index contributed by atoms with van der Waals surface area (Å²) in [4.78, 5) is 47.7. The van der Waals surface area contributed by atoms with E-state index in [-0.39, 0.29) is 61.4 Å². The first kappa shape index (κ1) is 29.0. The van der Waals surface area contributed by atoms with Gasteiger partial charge in [-0.05, 0) is 38.0 Å². The molecule has 0 spiro atoms. The van der Waals surface area contributed by atoms with Crippen molar-refractivity contribution in [2.75, 3.05) is 13.2 Å². The van der Waals surface area contributed by atoms with Gasteiger partial charge in [-0.2, -0.15) is 0 Å². The van der Waals surface area contributed by atoms with Crippen LogP contribution >= 0.6 is 0 Å². The Kier molecular flexibility index (Phi) is 15.6. The van der Waals surface area contributed by atoms with E-state index in [1.54, 1.807) is 12.2 Å². The minimum atomic E-state index is -0.480. The maximum Gasteiger partial charge on any atom is 0.309 e. The molecule has 0 aliphatic heterocycles. The van der Waals surface area contributed by atoms with Gasteiger partial charge in [0.05, 0.1) is 25.0 Å². The standard InChI is InChI=1S/C25H42O6/c1-7-21(15-18(2)3)24(28)30-13-10-14-31-25(29)22(16-19(4)5)17-23(27)12-9-8-11-20(6)26/h8-9,18-19,21-22H,7,10-17H2,1-6H3/b9-8+. The van der Waals surface area contributed by atoms with E-state index < -0.39 is 5.92 Å².